The van der Waals surface area contributed by atoms with Crippen LogP contribution < -0.4 is 21.7 Å². The highest BCUT2D eigenvalue weighted by Crippen LogP contribution is 2.39. The fourth-order valence-corrected chi connectivity index (χ4v) is 7.19. The number of thioether (sulfide) groups is 2. The monoisotopic (exact) mass is 708 g/mol. The number of piperidine rings is 1. The molecule has 0 aliphatic carbocycles. The van der Waals surface area contributed by atoms with Gasteiger partial charge in [0.2, 0.25) is 5.91 Å². The van der Waals surface area contributed by atoms with Gasteiger partial charge in [-0.25, -0.2) is 14.4 Å². The Labute approximate surface area is 296 Å². The van der Waals surface area contributed by atoms with Crippen LogP contribution >= 0.6 is 23.5 Å². The van der Waals surface area contributed by atoms with Crippen molar-refractivity contribution in [2.75, 3.05) is 50.9 Å². The molecule has 6 N–H and O–H groups in total. The van der Waals surface area contributed by atoms with Crippen LogP contribution in [0, 0.1) is 5.82 Å². The second-order valence-corrected chi connectivity index (χ2v) is 14.5. The number of carbonyl (C=O) groups excluding carboxylic acids is 2. The summed E-state index contributed by atoms with van der Waals surface area (Å²) in [6, 6.07) is 14.6. The molecule has 1 saturated heterocycles. The van der Waals surface area contributed by atoms with E-state index in [9.17, 15) is 14.7 Å². The Morgan fingerprint density at radius 2 is 1.90 bits per heavy atom. The van der Waals surface area contributed by atoms with Crippen LogP contribution in [-0.4, -0.2) is 83.0 Å². The summed E-state index contributed by atoms with van der Waals surface area (Å²) >= 11 is 2.23. The molecule has 262 valence electrons. The van der Waals surface area contributed by atoms with Gasteiger partial charge in [0.15, 0.2) is 11.5 Å². The Morgan fingerprint density at radius 1 is 1.16 bits per heavy atom. The maximum Gasteiger partial charge on any atom is 0.273 e. The molecule has 49 heavy (non-hydrogen) atoms. The lowest BCUT2D eigenvalue weighted by molar-refractivity contribution is -0.132. The van der Waals surface area contributed by atoms with E-state index in [2.05, 4.69) is 32.5 Å². The van der Waals surface area contributed by atoms with Crippen molar-refractivity contribution in [3.8, 4) is 0 Å². The summed E-state index contributed by atoms with van der Waals surface area (Å²) in [4.78, 5) is 37.7. The third-order valence-corrected chi connectivity index (χ3v) is 9.91. The number of hydrogen-bond acceptors (Lipinski definition) is 11. The molecule has 0 spiro atoms. The molecule has 3 aromatic rings. The zero-order valence-electron chi connectivity index (χ0n) is 28.1. The number of nitrogens with two attached hydrogens (primary N) is 1. The molecule has 1 aliphatic heterocycles. The first-order chi connectivity index (χ1) is 23.5. The zero-order valence-corrected chi connectivity index (χ0v) is 29.7. The molecule has 1 fully saturated rings. The Balaban J connectivity index is 1.28. The molecular weight excluding hydrogens is 664 g/mol. The van der Waals surface area contributed by atoms with Crippen molar-refractivity contribution in [1.82, 2.24) is 25.1 Å². The van der Waals surface area contributed by atoms with Crippen LogP contribution in [0.15, 0.2) is 87.9 Å². The zero-order chi connectivity index (χ0) is 35.4. The van der Waals surface area contributed by atoms with Crippen LogP contribution in [0.2, 0.25) is 0 Å². The Bertz CT molecular complexity index is 1600. The lowest BCUT2D eigenvalue weighted by Crippen LogP contribution is -2.45. The Hall–Kier alpha value is -4.11. The van der Waals surface area contributed by atoms with E-state index in [1.54, 1.807) is 18.3 Å². The van der Waals surface area contributed by atoms with E-state index in [1.165, 1.54) is 30.2 Å². The van der Waals surface area contributed by atoms with E-state index in [1.807, 2.05) is 61.2 Å². The maximum absolute atomic E-state index is 15.5. The molecule has 2 aromatic heterocycles. The SMILES string of the molecule is C=C(Nc1ccc(NC2CCN(C(=O)CN(C)C)CC2)cn1)S/C(=C\N)Sc1ccnc(C(=O)NCC(O)(CCC)c2ccccc2)c1F. The van der Waals surface area contributed by atoms with E-state index in [0.29, 0.717) is 40.0 Å². The average Bonchev–Trinajstić information content (AvgIpc) is 3.09. The number of halogens is 1. The van der Waals surface area contributed by atoms with E-state index in [4.69, 9.17) is 5.73 Å². The fraction of sp³-hybridized carbons (Fsp3) is 0.371. The molecule has 1 aliphatic rings. The van der Waals surface area contributed by atoms with Crippen molar-refractivity contribution in [2.45, 2.75) is 49.1 Å². The number of likely N-dealkylation sites (N-methyl/N-ethyl adjacent to an activating group) is 1. The van der Waals surface area contributed by atoms with Gasteiger partial charge >= 0.3 is 0 Å². The number of aliphatic hydroxyl groups is 1. The van der Waals surface area contributed by atoms with E-state index in [0.717, 1.165) is 43.4 Å². The predicted octanol–water partition coefficient (Wildman–Crippen LogP) is 5.16. The number of nitrogens with one attached hydrogen (secondary N) is 3. The third-order valence-electron chi connectivity index (χ3n) is 7.86. The van der Waals surface area contributed by atoms with Gasteiger partial charge in [-0.3, -0.25) is 9.59 Å². The van der Waals surface area contributed by atoms with Gasteiger partial charge in [-0.15, -0.1) is 0 Å². The number of hydrogen-bond donors (Lipinski definition) is 5. The number of likely N-dealkylation sites (tertiary alicyclic amines) is 1. The number of carbonyl (C=O) groups is 2. The highest BCUT2D eigenvalue weighted by Gasteiger charge is 2.30. The Kier molecular flexibility index (Phi) is 13.9. The van der Waals surface area contributed by atoms with Crippen molar-refractivity contribution in [3.63, 3.8) is 0 Å². The first kappa shape index (κ1) is 37.7. The molecule has 3 heterocycles. The molecule has 0 saturated carbocycles. The summed E-state index contributed by atoms with van der Waals surface area (Å²) in [5.41, 5.74) is 5.75. The van der Waals surface area contributed by atoms with Gasteiger partial charge in [-0.05, 0) is 57.1 Å². The maximum atomic E-state index is 15.5. The topological polar surface area (TPSA) is 149 Å². The van der Waals surface area contributed by atoms with E-state index >= 15 is 4.39 Å². The van der Waals surface area contributed by atoms with Crippen molar-refractivity contribution in [3.05, 3.63) is 100 Å². The molecular formula is C35H45FN8O3S2. The minimum atomic E-state index is -1.30. The second-order valence-electron chi connectivity index (χ2n) is 12.0. The number of nitrogens with zero attached hydrogens (tertiary/aromatic N) is 4. The highest BCUT2D eigenvalue weighted by atomic mass is 32.2. The highest BCUT2D eigenvalue weighted by molar-refractivity contribution is 8.24. The van der Waals surface area contributed by atoms with Gasteiger partial charge in [-0.1, -0.05) is 73.8 Å². The summed E-state index contributed by atoms with van der Waals surface area (Å²) in [6.07, 6.45) is 7.26. The molecule has 11 nitrogen and oxygen atoms in total. The summed E-state index contributed by atoms with van der Waals surface area (Å²) in [7, 11) is 3.79. The van der Waals surface area contributed by atoms with Crippen LogP contribution in [0.25, 0.3) is 0 Å². The van der Waals surface area contributed by atoms with Crippen LogP contribution in [0.1, 0.15) is 48.7 Å². The van der Waals surface area contributed by atoms with Gasteiger partial charge in [0.25, 0.3) is 5.91 Å². The van der Waals surface area contributed by atoms with Gasteiger partial charge < -0.3 is 36.6 Å². The smallest absolute Gasteiger partial charge is 0.273 e. The lowest BCUT2D eigenvalue weighted by Gasteiger charge is -2.33. The molecule has 2 amide bonds. The number of aromatic nitrogens is 2. The molecule has 0 radical (unpaired) electrons. The lowest BCUT2D eigenvalue weighted by atomic mass is 9.89. The van der Waals surface area contributed by atoms with Gasteiger partial charge in [0.05, 0.1) is 39.1 Å². The molecule has 14 heteroatoms. The molecule has 1 unspecified atom stereocenters. The number of rotatable bonds is 16. The minimum Gasteiger partial charge on any atom is -0.403 e. The van der Waals surface area contributed by atoms with Crippen LogP contribution in [0.4, 0.5) is 15.9 Å². The standard InChI is InChI=1S/C35H45FN8O3S2/c1-5-16-35(47,25-9-7-6-8-10-25)23-40-34(46)33-32(36)28(13-17-38-33)49-31(20-37)48-24(2)41-29-12-11-27(21-39-29)42-26-14-18-44(19-15-26)30(45)22-43(3)4/h6-13,17,20-21,26,42,47H,2,5,14-16,18-19,22-23,37H2,1,3-4H3,(H,39,41)(H,40,46)/b31-20+. The average molecular weight is 709 g/mol. The normalized spacial score (nSPS) is 15.1. The molecule has 1 aromatic carbocycles. The van der Waals surface area contributed by atoms with Crippen molar-refractivity contribution in [1.29, 1.82) is 0 Å². The summed E-state index contributed by atoms with van der Waals surface area (Å²) in [6.45, 7) is 7.76. The van der Waals surface area contributed by atoms with Crippen molar-refractivity contribution < 1.29 is 19.1 Å². The predicted molar refractivity (Wildman–Crippen MR) is 196 cm³/mol. The quantitative estimate of drug-likeness (QED) is 0.126. The number of amides is 2. The van der Waals surface area contributed by atoms with E-state index < -0.39 is 17.3 Å². The van der Waals surface area contributed by atoms with E-state index in [-0.39, 0.29) is 29.1 Å². The fourth-order valence-electron chi connectivity index (χ4n) is 5.39. The molecule has 1 atom stereocenters. The minimum absolute atomic E-state index is 0.0959. The largest absolute Gasteiger partial charge is 0.403 e. The second kappa shape index (κ2) is 18.0. The first-order valence-electron chi connectivity index (χ1n) is 16.1. The van der Waals surface area contributed by atoms with Crippen LogP contribution in [-0.2, 0) is 10.4 Å². The van der Waals surface area contributed by atoms with Crippen molar-refractivity contribution >= 4 is 46.8 Å². The van der Waals surface area contributed by atoms with Gasteiger partial charge in [0.1, 0.15) is 11.4 Å². The molecule has 4 rings (SSSR count). The Morgan fingerprint density at radius 3 is 2.53 bits per heavy atom. The number of anilines is 2. The van der Waals surface area contributed by atoms with Crippen molar-refractivity contribution in [2.24, 2.45) is 5.73 Å². The summed E-state index contributed by atoms with van der Waals surface area (Å²) in [5, 5.41) is 21.1. The third kappa shape index (κ3) is 10.9. The van der Waals surface area contributed by atoms with Crippen LogP contribution in [0.5, 0.6) is 0 Å². The molecule has 0 bridgehead atoms. The van der Waals surface area contributed by atoms with Crippen LogP contribution in [0.3, 0.4) is 0 Å². The van der Waals surface area contributed by atoms with Gasteiger partial charge in [-0.2, -0.15) is 0 Å². The first-order valence-corrected chi connectivity index (χ1v) is 17.7. The summed E-state index contributed by atoms with van der Waals surface area (Å²) < 4.78 is 16.1. The summed E-state index contributed by atoms with van der Waals surface area (Å²) in [5.74, 6) is -0.800. The number of benzene rings is 1. The number of pyridine rings is 2. The van der Waals surface area contributed by atoms with Gasteiger partial charge in [0, 0.05) is 31.5 Å².